The van der Waals surface area contributed by atoms with E-state index in [2.05, 4.69) is 10.2 Å². The molecule has 120 valence electrons. The molecular weight excluding hydrogens is 320 g/mol. The predicted molar refractivity (Wildman–Crippen MR) is 96.8 cm³/mol. The highest BCUT2D eigenvalue weighted by Gasteiger charge is 2.25. The molecular formula is C19H16N2O2S. The standard InChI is InChI=1S/C19H16N2O2S/c1-4-15-17(20-2)16(18(19(22)23)21(15)3)13-7-5-12(6-8-13)14-9-10-24-11-14/h5-11H,4H2,1,3H3,(H,22,23). The maximum absolute atomic E-state index is 11.7. The number of aromatic nitrogens is 1. The molecule has 0 saturated carbocycles. The number of hydrogen-bond acceptors (Lipinski definition) is 2. The van der Waals surface area contributed by atoms with Crippen LogP contribution in [0.15, 0.2) is 41.1 Å². The molecule has 0 aliphatic carbocycles. The Morgan fingerprint density at radius 3 is 2.38 bits per heavy atom. The van der Waals surface area contributed by atoms with E-state index in [-0.39, 0.29) is 5.69 Å². The molecule has 24 heavy (non-hydrogen) atoms. The van der Waals surface area contributed by atoms with Gasteiger partial charge in [-0.3, -0.25) is 0 Å². The van der Waals surface area contributed by atoms with Crippen molar-refractivity contribution in [2.45, 2.75) is 13.3 Å². The molecule has 3 rings (SSSR count). The summed E-state index contributed by atoms with van der Waals surface area (Å²) in [6.07, 6.45) is 0.613. The lowest BCUT2D eigenvalue weighted by Crippen LogP contribution is -2.07. The molecule has 0 atom stereocenters. The molecule has 2 aromatic heterocycles. The largest absolute Gasteiger partial charge is 0.477 e. The first-order valence-corrected chi connectivity index (χ1v) is 8.48. The third-order valence-electron chi connectivity index (χ3n) is 4.16. The fourth-order valence-corrected chi connectivity index (χ4v) is 3.69. The van der Waals surface area contributed by atoms with Gasteiger partial charge in [-0.05, 0) is 39.9 Å². The minimum Gasteiger partial charge on any atom is -0.477 e. The normalized spacial score (nSPS) is 10.5. The summed E-state index contributed by atoms with van der Waals surface area (Å²) >= 11 is 1.63. The molecule has 0 radical (unpaired) electrons. The molecule has 0 unspecified atom stereocenters. The zero-order valence-corrected chi connectivity index (χ0v) is 14.2. The number of carbonyl (C=O) groups is 1. The van der Waals surface area contributed by atoms with Crippen LogP contribution in [-0.4, -0.2) is 15.6 Å². The average molecular weight is 336 g/mol. The minimum absolute atomic E-state index is 0.168. The first kappa shape index (κ1) is 16.0. The lowest BCUT2D eigenvalue weighted by molar-refractivity contribution is 0.0687. The zero-order valence-electron chi connectivity index (χ0n) is 13.4. The van der Waals surface area contributed by atoms with E-state index < -0.39 is 5.97 Å². The van der Waals surface area contributed by atoms with Gasteiger partial charge in [0.15, 0.2) is 0 Å². The predicted octanol–water partition coefficient (Wildman–Crippen LogP) is 5.23. The van der Waals surface area contributed by atoms with Crippen LogP contribution in [0.25, 0.3) is 27.1 Å². The van der Waals surface area contributed by atoms with Gasteiger partial charge in [-0.25, -0.2) is 9.64 Å². The van der Waals surface area contributed by atoms with E-state index in [1.165, 1.54) is 0 Å². The lowest BCUT2D eigenvalue weighted by atomic mass is 10.00. The van der Waals surface area contributed by atoms with Gasteiger partial charge in [0.1, 0.15) is 5.69 Å². The molecule has 2 heterocycles. The van der Waals surface area contributed by atoms with Crippen molar-refractivity contribution in [2.24, 2.45) is 7.05 Å². The van der Waals surface area contributed by atoms with Gasteiger partial charge in [0.05, 0.1) is 6.57 Å². The summed E-state index contributed by atoms with van der Waals surface area (Å²) in [6.45, 7) is 9.43. The van der Waals surface area contributed by atoms with Crippen LogP contribution < -0.4 is 0 Å². The third-order valence-corrected chi connectivity index (χ3v) is 4.85. The smallest absolute Gasteiger partial charge is 0.351 e. The second-order valence-corrected chi connectivity index (χ2v) is 6.22. The van der Waals surface area contributed by atoms with Crippen LogP contribution in [-0.2, 0) is 13.5 Å². The molecule has 3 aromatic rings. The average Bonchev–Trinajstić information content (AvgIpc) is 3.20. The summed E-state index contributed by atoms with van der Waals surface area (Å²) < 4.78 is 1.62. The van der Waals surface area contributed by atoms with Crippen LogP contribution in [0.4, 0.5) is 5.69 Å². The second kappa shape index (κ2) is 6.34. The van der Waals surface area contributed by atoms with Crippen molar-refractivity contribution >= 4 is 23.0 Å². The van der Waals surface area contributed by atoms with E-state index in [9.17, 15) is 9.90 Å². The fourth-order valence-electron chi connectivity index (χ4n) is 3.02. The Labute approximate surface area is 144 Å². The molecule has 0 aliphatic heterocycles. The highest BCUT2D eigenvalue weighted by Crippen LogP contribution is 2.40. The lowest BCUT2D eigenvalue weighted by Gasteiger charge is -2.06. The van der Waals surface area contributed by atoms with Gasteiger partial charge in [0.2, 0.25) is 5.69 Å². The highest BCUT2D eigenvalue weighted by atomic mass is 32.1. The van der Waals surface area contributed by atoms with Crippen LogP contribution in [0, 0.1) is 6.57 Å². The van der Waals surface area contributed by atoms with Crippen molar-refractivity contribution in [1.29, 1.82) is 0 Å². The van der Waals surface area contributed by atoms with Gasteiger partial charge in [-0.1, -0.05) is 31.2 Å². The van der Waals surface area contributed by atoms with Crippen molar-refractivity contribution in [2.75, 3.05) is 0 Å². The molecule has 1 N–H and O–H groups in total. The Balaban J connectivity index is 2.19. The minimum atomic E-state index is -1.01. The van der Waals surface area contributed by atoms with Gasteiger partial charge < -0.3 is 9.67 Å². The van der Waals surface area contributed by atoms with Crippen molar-refractivity contribution in [1.82, 2.24) is 4.57 Å². The molecule has 0 amide bonds. The Morgan fingerprint density at radius 2 is 1.88 bits per heavy atom. The molecule has 4 nitrogen and oxygen atoms in total. The molecule has 0 saturated heterocycles. The number of thiophene rings is 1. The first-order valence-electron chi connectivity index (χ1n) is 7.53. The number of aromatic carboxylic acids is 1. The van der Waals surface area contributed by atoms with Gasteiger partial charge >= 0.3 is 5.97 Å². The van der Waals surface area contributed by atoms with Crippen LogP contribution in [0.2, 0.25) is 0 Å². The molecule has 1 aromatic carbocycles. The number of hydrogen-bond donors (Lipinski definition) is 1. The van der Waals surface area contributed by atoms with E-state index in [0.29, 0.717) is 17.7 Å². The van der Waals surface area contributed by atoms with E-state index in [1.807, 2.05) is 42.6 Å². The van der Waals surface area contributed by atoms with Crippen molar-refractivity contribution < 1.29 is 9.90 Å². The van der Waals surface area contributed by atoms with E-state index in [1.54, 1.807) is 23.0 Å². The topological polar surface area (TPSA) is 46.6 Å². The Bertz CT molecular complexity index is 929. The number of carboxylic acid groups (broad SMARTS) is 1. The molecule has 0 spiro atoms. The second-order valence-electron chi connectivity index (χ2n) is 5.44. The van der Waals surface area contributed by atoms with E-state index in [4.69, 9.17) is 6.57 Å². The quantitative estimate of drug-likeness (QED) is 0.663. The van der Waals surface area contributed by atoms with E-state index in [0.717, 1.165) is 22.4 Å². The van der Waals surface area contributed by atoms with Crippen molar-refractivity contribution in [3.8, 4) is 22.3 Å². The van der Waals surface area contributed by atoms with Crippen LogP contribution >= 0.6 is 11.3 Å². The SMILES string of the molecule is [C-]#[N+]c1c(-c2ccc(-c3ccsc3)cc2)c(C(=O)O)n(C)c1CC. The Kier molecular flexibility index (Phi) is 4.24. The maximum Gasteiger partial charge on any atom is 0.351 e. The van der Waals surface area contributed by atoms with Crippen molar-refractivity contribution in [3.05, 3.63) is 63.9 Å². The molecule has 0 bridgehead atoms. The number of carboxylic acids is 1. The molecule has 5 heteroatoms. The summed E-state index contributed by atoms with van der Waals surface area (Å²) in [7, 11) is 1.71. The Morgan fingerprint density at radius 1 is 1.21 bits per heavy atom. The third kappa shape index (κ3) is 2.51. The Hall–Kier alpha value is -2.84. The maximum atomic E-state index is 11.7. The summed E-state index contributed by atoms with van der Waals surface area (Å²) in [6, 6.07) is 9.77. The van der Waals surface area contributed by atoms with Gasteiger partial charge in [-0.2, -0.15) is 11.3 Å². The fraction of sp³-hybridized carbons (Fsp3) is 0.158. The summed E-state index contributed by atoms with van der Waals surface area (Å²) in [5.41, 5.74) is 4.83. The number of benzene rings is 1. The number of rotatable bonds is 4. The van der Waals surface area contributed by atoms with Gasteiger partial charge in [-0.15, -0.1) is 0 Å². The number of nitrogens with zero attached hydrogens (tertiary/aromatic N) is 2. The van der Waals surface area contributed by atoms with Gasteiger partial charge in [0.25, 0.3) is 0 Å². The summed E-state index contributed by atoms with van der Waals surface area (Å²) in [4.78, 5) is 15.4. The molecule has 0 fully saturated rings. The summed E-state index contributed by atoms with van der Waals surface area (Å²) in [5, 5.41) is 13.7. The van der Waals surface area contributed by atoms with E-state index >= 15 is 0 Å². The van der Waals surface area contributed by atoms with Crippen LogP contribution in [0.5, 0.6) is 0 Å². The van der Waals surface area contributed by atoms with Crippen LogP contribution in [0.1, 0.15) is 23.1 Å². The van der Waals surface area contributed by atoms with Crippen molar-refractivity contribution in [3.63, 3.8) is 0 Å². The molecule has 0 aliphatic rings. The van der Waals surface area contributed by atoms with Crippen LogP contribution in [0.3, 0.4) is 0 Å². The first-order chi connectivity index (χ1) is 11.6. The summed E-state index contributed by atoms with van der Waals surface area (Å²) in [5.74, 6) is -1.01. The van der Waals surface area contributed by atoms with Gasteiger partial charge in [0, 0.05) is 18.3 Å². The highest BCUT2D eigenvalue weighted by molar-refractivity contribution is 7.08. The zero-order chi connectivity index (χ0) is 17.3. The monoisotopic (exact) mass is 336 g/mol.